The normalized spacial score (nSPS) is 10.5. The van der Waals surface area contributed by atoms with Crippen LogP contribution in [0.3, 0.4) is 0 Å². The number of carbonyl (C=O) groups is 1. The minimum Gasteiger partial charge on any atom is -0.350 e. The molecule has 1 heterocycles. The molecule has 0 radical (unpaired) electrons. The van der Waals surface area contributed by atoms with E-state index in [0.717, 1.165) is 5.56 Å². The summed E-state index contributed by atoms with van der Waals surface area (Å²) in [7, 11) is 0. The van der Waals surface area contributed by atoms with Crippen LogP contribution in [0.2, 0.25) is 0 Å². The number of hydrogen-bond donors (Lipinski definition) is 1. The van der Waals surface area contributed by atoms with Crippen molar-refractivity contribution in [2.75, 3.05) is 0 Å². The Morgan fingerprint density at radius 1 is 1.21 bits per heavy atom. The van der Waals surface area contributed by atoms with Crippen LogP contribution in [0.15, 0.2) is 36.5 Å². The fraction of sp³-hybridized carbons (Fsp3) is 0.267. The quantitative estimate of drug-likeness (QED) is 0.917. The number of rotatable bonds is 3. The second-order valence-electron chi connectivity index (χ2n) is 4.69. The lowest BCUT2D eigenvalue weighted by atomic mass is 10.2. The highest BCUT2D eigenvalue weighted by Gasteiger charge is 2.12. The summed E-state index contributed by atoms with van der Waals surface area (Å²) in [5.41, 5.74) is 2.15. The molecule has 1 amide bonds. The van der Waals surface area contributed by atoms with Gasteiger partial charge in [-0.3, -0.25) is 4.79 Å². The molecule has 0 bridgehead atoms. The Hall–Kier alpha value is -2.23. The average molecular weight is 255 g/mol. The highest BCUT2D eigenvalue weighted by Crippen LogP contribution is 2.15. The molecule has 1 aromatic carbocycles. The minimum absolute atomic E-state index is 0.0979. The molecule has 1 N–H and O–H groups in total. The summed E-state index contributed by atoms with van der Waals surface area (Å²) in [6.07, 6.45) is 1.59. The fourth-order valence-electron chi connectivity index (χ4n) is 1.76. The van der Waals surface area contributed by atoms with Crippen LogP contribution in [0.5, 0.6) is 0 Å². The SMILES string of the molecule is Cc1nc(-c2ccccc2)ncc1C(=O)NC(C)C. The molecule has 1 aromatic heterocycles. The second-order valence-corrected chi connectivity index (χ2v) is 4.69. The Kier molecular flexibility index (Phi) is 3.90. The minimum atomic E-state index is -0.132. The van der Waals surface area contributed by atoms with E-state index in [9.17, 15) is 4.79 Å². The number of hydrogen-bond acceptors (Lipinski definition) is 3. The molecule has 2 aromatic rings. The predicted molar refractivity (Wildman–Crippen MR) is 74.8 cm³/mol. The van der Waals surface area contributed by atoms with E-state index in [1.165, 1.54) is 0 Å². The molecule has 0 fully saturated rings. The highest BCUT2D eigenvalue weighted by molar-refractivity contribution is 5.95. The molecule has 0 saturated heterocycles. The van der Waals surface area contributed by atoms with Crippen LogP contribution in [0.25, 0.3) is 11.4 Å². The van der Waals surface area contributed by atoms with Gasteiger partial charge in [-0.2, -0.15) is 0 Å². The molecular formula is C15H17N3O. The lowest BCUT2D eigenvalue weighted by molar-refractivity contribution is 0.0941. The third kappa shape index (κ3) is 3.16. The first-order valence-electron chi connectivity index (χ1n) is 6.28. The molecule has 0 aliphatic rings. The van der Waals surface area contributed by atoms with Gasteiger partial charge in [-0.25, -0.2) is 9.97 Å². The molecule has 19 heavy (non-hydrogen) atoms. The Balaban J connectivity index is 2.30. The maximum Gasteiger partial charge on any atom is 0.254 e. The van der Waals surface area contributed by atoms with Crippen molar-refractivity contribution in [3.8, 4) is 11.4 Å². The molecule has 0 spiro atoms. The Labute approximate surface area is 112 Å². The van der Waals surface area contributed by atoms with Gasteiger partial charge >= 0.3 is 0 Å². The van der Waals surface area contributed by atoms with Crippen LogP contribution < -0.4 is 5.32 Å². The molecule has 4 nitrogen and oxygen atoms in total. The second kappa shape index (κ2) is 5.61. The van der Waals surface area contributed by atoms with E-state index in [4.69, 9.17) is 0 Å². The van der Waals surface area contributed by atoms with Crippen LogP contribution in [-0.2, 0) is 0 Å². The largest absolute Gasteiger partial charge is 0.350 e. The van der Waals surface area contributed by atoms with Crippen molar-refractivity contribution < 1.29 is 4.79 Å². The summed E-state index contributed by atoms with van der Waals surface area (Å²) in [6, 6.07) is 9.81. The van der Waals surface area contributed by atoms with E-state index < -0.39 is 0 Å². The van der Waals surface area contributed by atoms with Gasteiger partial charge in [-0.05, 0) is 20.8 Å². The smallest absolute Gasteiger partial charge is 0.254 e. The van der Waals surface area contributed by atoms with Gasteiger partial charge in [-0.1, -0.05) is 30.3 Å². The first kappa shape index (κ1) is 13.2. The maximum atomic E-state index is 11.9. The van der Waals surface area contributed by atoms with Crippen LogP contribution in [-0.4, -0.2) is 21.9 Å². The summed E-state index contributed by atoms with van der Waals surface area (Å²) >= 11 is 0. The molecule has 2 rings (SSSR count). The van der Waals surface area contributed by atoms with Gasteiger partial charge < -0.3 is 5.32 Å². The van der Waals surface area contributed by atoms with E-state index in [1.54, 1.807) is 6.20 Å². The lowest BCUT2D eigenvalue weighted by Gasteiger charge is -2.10. The van der Waals surface area contributed by atoms with E-state index in [2.05, 4.69) is 15.3 Å². The van der Waals surface area contributed by atoms with Crippen molar-refractivity contribution >= 4 is 5.91 Å². The number of aryl methyl sites for hydroxylation is 1. The van der Waals surface area contributed by atoms with Crippen LogP contribution in [0, 0.1) is 6.92 Å². The zero-order chi connectivity index (χ0) is 13.8. The number of amides is 1. The summed E-state index contributed by atoms with van der Waals surface area (Å²) < 4.78 is 0. The Bertz CT molecular complexity index is 579. The van der Waals surface area contributed by atoms with Gasteiger partial charge in [0.1, 0.15) is 0 Å². The third-order valence-corrected chi connectivity index (χ3v) is 2.68. The summed E-state index contributed by atoms with van der Waals surface area (Å²) in [4.78, 5) is 20.6. The van der Waals surface area contributed by atoms with Crippen LogP contribution in [0.1, 0.15) is 29.9 Å². The van der Waals surface area contributed by atoms with Crippen molar-refractivity contribution in [1.29, 1.82) is 0 Å². The predicted octanol–water partition coefficient (Wildman–Crippen LogP) is 2.59. The average Bonchev–Trinajstić information content (AvgIpc) is 2.38. The first-order valence-corrected chi connectivity index (χ1v) is 6.28. The van der Waals surface area contributed by atoms with Crippen molar-refractivity contribution in [1.82, 2.24) is 15.3 Å². The maximum absolute atomic E-state index is 11.9. The molecule has 0 atom stereocenters. The Morgan fingerprint density at radius 2 is 1.89 bits per heavy atom. The topological polar surface area (TPSA) is 54.9 Å². The van der Waals surface area contributed by atoms with Gasteiger partial charge in [0.25, 0.3) is 5.91 Å². The lowest BCUT2D eigenvalue weighted by Crippen LogP contribution is -2.31. The fourth-order valence-corrected chi connectivity index (χ4v) is 1.76. The number of carbonyl (C=O) groups excluding carboxylic acids is 1. The van der Waals surface area contributed by atoms with E-state index >= 15 is 0 Å². The van der Waals surface area contributed by atoms with Gasteiger partial charge in [0.15, 0.2) is 5.82 Å². The summed E-state index contributed by atoms with van der Waals surface area (Å²) in [5, 5.41) is 2.84. The molecule has 0 saturated carbocycles. The van der Waals surface area contributed by atoms with Crippen molar-refractivity contribution in [2.24, 2.45) is 0 Å². The number of aromatic nitrogens is 2. The molecule has 0 unspecified atom stereocenters. The van der Waals surface area contributed by atoms with E-state index in [0.29, 0.717) is 17.1 Å². The zero-order valence-corrected chi connectivity index (χ0v) is 11.3. The summed E-state index contributed by atoms with van der Waals surface area (Å²) in [6.45, 7) is 5.67. The van der Waals surface area contributed by atoms with E-state index in [-0.39, 0.29) is 11.9 Å². The zero-order valence-electron chi connectivity index (χ0n) is 11.3. The van der Waals surface area contributed by atoms with Crippen molar-refractivity contribution in [3.05, 3.63) is 47.8 Å². The highest BCUT2D eigenvalue weighted by atomic mass is 16.1. The van der Waals surface area contributed by atoms with Gasteiger partial charge in [-0.15, -0.1) is 0 Å². The number of benzene rings is 1. The van der Waals surface area contributed by atoms with Gasteiger partial charge in [0.2, 0.25) is 0 Å². The van der Waals surface area contributed by atoms with Crippen molar-refractivity contribution in [2.45, 2.75) is 26.8 Å². The molecule has 4 heteroatoms. The third-order valence-electron chi connectivity index (χ3n) is 2.68. The molecule has 0 aliphatic carbocycles. The number of nitrogens with zero attached hydrogens (tertiary/aromatic N) is 2. The summed E-state index contributed by atoms with van der Waals surface area (Å²) in [5.74, 6) is 0.506. The van der Waals surface area contributed by atoms with Gasteiger partial charge in [0, 0.05) is 17.8 Å². The van der Waals surface area contributed by atoms with E-state index in [1.807, 2.05) is 51.1 Å². The monoisotopic (exact) mass is 255 g/mol. The first-order chi connectivity index (χ1) is 9.08. The van der Waals surface area contributed by atoms with Gasteiger partial charge in [0.05, 0.1) is 11.3 Å². The molecular weight excluding hydrogens is 238 g/mol. The van der Waals surface area contributed by atoms with Crippen molar-refractivity contribution in [3.63, 3.8) is 0 Å². The van der Waals surface area contributed by atoms with Crippen LogP contribution in [0.4, 0.5) is 0 Å². The van der Waals surface area contributed by atoms with Crippen LogP contribution >= 0.6 is 0 Å². The standard InChI is InChI=1S/C15H17N3O/c1-10(2)17-15(19)13-9-16-14(18-11(13)3)12-7-5-4-6-8-12/h4-10H,1-3H3,(H,17,19). The number of nitrogens with one attached hydrogen (secondary N) is 1. The molecule has 0 aliphatic heterocycles. The Morgan fingerprint density at radius 3 is 2.47 bits per heavy atom. The molecule has 98 valence electrons.